The number of hydrogen-bond donors (Lipinski definition) is 0. The van der Waals surface area contributed by atoms with Gasteiger partial charge in [0.15, 0.2) is 0 Å². The first kappa shape index (κ1) is 15.9. The van der Waals surface area contributed by atoms with E-state index in [0.717, 1.165) is 6.71 Å². The predicted octanol–water partition coefficient (Wildman–Crippen LogP) is 5.28. The van der Waals surface area contributed by atoms with E-state index in [0.29, 0.717) is 0 Å². The van der Waals surface area contributed by atoms with E-state index < -0.39 is 26.5 Å². The molecule has 1 aliphatic heterocycles. The number of allylic oxidation sites excluding steroid dienone is 1. The minimum atomic E-state index is -1.90. The molecule has 0 aromatic heterocycles. The first-order valence-electron chi connectivity index (χ1n) is 7.38. The van der Waals surface area contributed by atoms with E-state index in [1.54, 1.807) is 0 Å². The fraction of sp³-hybridized carbons (Fsp3) is 0.857. The zero-order chi connectivity index (χ0) is 13.3. The minimum absolute atomic E-state index is 0.884. The summed E-state index contributed by atoms with van der Waals surface area (Å²) in [6.07, 6.45) is 7.26. The Morgan fingerprint density at radius 1 is 1.06 bits per heavy atom. The SMILES string of the molecule is CB1CCCCC/C1=[C](\[Si](C)(C)C)[Sn]([CH3])([CH3])[CH3]. The molecule has 0 saturated carbocycles. The molecule has 3 heteroatoms. The van der Waals surface area contributed by atoms with Crippen LogP contribution in [0.2, 0.25) is 47.6 Å². The Balaban J connectivity index is 3.25. The van der Waals surface area contributed by atoms with Crippen LogP contribution < -0.4 is 0 Å². The summed E-state index contributed by atoms with van der Waals surface area (Å²) in [4.78, 5) is 7.90. The van der Waals surface area contributed by atoms with Crippen molar-refractivity contribution >= 4 is 33.2 Å². The summed E-state index contributed by atoms with van der Waals surface area (Å²) >= 11 is -1.90. The molecule has 0 unspecified atom stereocenters. The van der Waals surface area contributed by atoms with E-state index in [1.165, 1.54) is 32.0 Å². The van der Waals surface area contributed by atoms with Crippen LogP contribution in [0.25, 0.3) is 0 Å². The fourth-order valence-corrected chi connectivity index (χ4v) is 30.5. The van der Waals surface area contributed by atoms with Gasteiger partial charge in [0.1, 0.15) is 0 Å². The molecule has 0 aromatic carbocycles. The van der Waals surface area contributed by atoms with Crippen molar-refractivity contribution in [1.29, 1.82) is 0 Å². The molecular weight excluding hydrogens is 326 g/mol. The van der Waals surface area contributed by atoms with Gasteiger partial charge in [-0.15, -0.1) is 0 Å². The second-order valence-electron chi connectivity index (χ2n) is 7.90. The third-order valence-electron chi connectivity index (χ3n) is 4.00. The molecular formula is C14H31BSiSn. The van der Waals surface area contributed by atoms with Crippen molar-refractivity contribution in [2.45, 2.75) is 73.3 Å². The summed E-state index contributed by atoms with van der Waals surface area (Å²) in [5.74, 6) is 0. The third kappa shape index (κ3) is 4.45. The van der Waals surface area contributed by atoms with Crippen molar-refractivity contribution in [3.05, 3.63) is 8.68 Å². The second kappa shape index (κ2) is 5.85. The van der Waals surface area contributed by atoms with Crippen molar-refractivity contribution in [2.24, 2.45) is 0 Å². The molecule has 0 aromatic rings. The molecule has 1 heterocycles. The maximum atomic E-state index is 2.63. The van der Waals surface area contributed by atoms with Crippen LogP contribution in [-0.2, 0) is 0 Å². The Hall–Kier alpha value is 0.821. The Morgan fingerprint density at radius 2 is 1.65 bits per heavy atom. The van der Waals surface area contributed by atoms with Crippen molar-refractivity contribution < 1.29 is 0 Å². The molecule has 1 aliphatic rings. The first-order valence-corrected chi connectivity index (χ1v) is 20.9. The van der Waals surface area contributed by atoms with Crippen LogP contribution in [0.3, 0.4) is 0 Å². The van der Waals surface area contributed by atoms with Crippen LogP contribution in [0, 0.1) is 0 Å². The van der Waals surface area contributed by atoms with Gasteiger partial charge in [0.05, 0.1) is 0 Å². The van der Waals surface area contributed by atoms with Gasteiger partial charge in [-0.1, -0.05) is 0 Å². The molecule has 0 spiro atoms. The van der Waals surface area contributed by atoms with Gasteiger partial charge in [-0.25, -0.2) is 0 Å². The van der Waals surface area contributed by atoms with Crippen LogP contribution >= 0.6 is 0 Å². The van der Waals surface area contributed by atoms with E-state index in [-0.39, 0.29) is 0 Å². The standard InChI is InChI=1S/C11H22BSi.3CH3.Sn/c1-12-9-7-5-6-8-11(12)10-13(2,3)4;;;;/h5-9H2,1-4H3;3*1H3;. The summed E-state index contributed by atoms with van der Waals surface area (Å²) < 4.78 is 2.07. The normalized spacial score (nSPS) is 22.4. The molecule has 0 amide bonds. The number of hydrogen-bond acceptors (Lipinski definition) is 0. The average molecular weight is 357 g/mol. The van der Waals surface area contributed by atoms with Crippen LogP contribution in [0.5, 0.6) is 0 Å². The van der Waals surface area contributed by atoms with Gasteiger partial charge in [-0.3, -0.25) is 0 Å². The zero-order valence-electron chi connectivity index (χ0n) is 13.1. The Bertz CT molecular complexity index is 280. The van der Waals surface area contributed by atoms with Gasteiger partial charge in [0.2, 0.25) is 0 Å². The Labute approximate surface area is 115 Å². The van der Waals surface area contributed by atoms with Crippen molar-refractivity contribution in [3.63, 3.8) is 0 Å². The van der Waals surface area contributed by atoms with E-state index in [2.05, 4.69) is 44.5 Å². The molecule has 1 fully saturated rings. The summed E-state index contributed by atoms with van der Waals surface area (Å²) in [5.41, 5.74) is 1.94. The maximum absolute atomic E-state index is 2.63. The van der Waals surface area contributed by atoms with Crippen LogP contribution in [0.1, 0.15) is 25.7 Å². The van der Waals surface area contributed by atoms with Crippen LogP contribution in [-0.4, -0.2) is 33.2 Å². The first-order chi connectivity index (χ1) is 7.64. The predicted molar refractivity (Wildman–Crippen MR) is 88.6 cm³/mol. The van der Waals surface area contributed by atoms with E-state index in [4.69, 9.17) is 0 Å². The molecule has 98 valence electrons. The molecule has 0 nitrogen and oxygen atoms in total. The summed E-state index contributed by atoms with van der Waals surface area (Å²) in [5, 5.41) is 0. The number of rotatable bonds is 2. The van der Waals surface area contributed by atoms with Crippen molar-refractivity contribution in [3.8, 4) is 0 Å². The van der Waals surface area contributed by atoms with Gasteiger partial charge in [-0.2, -0.15) is 0 Å². The fourth-order valence-electron chi connectivity index (χ4n) is 3.82. The Kier molecular flexibility index (Phi) is 5.47. The molecule has 1 saturated heterocycles. The average Bonchev–Trinajstić information content (AvgIpc) is 2.27. The molecule has 0 radical (unpaired) electrons. The third-order valence-corrected chi connectivity index (χ3v) is 22.5. The van der Waals surface area contributed by atoms with Crippen molar-refractivity contribution in [2.75, 3.05) is 0 Å². The van der Waals surface area contributed by atoms with E-state index >= 15 is 0 Å². The van der Waals surface area contributed by atoms with Gasteiger partial charge in [0.25, 0.3) is 0 Å². The molecule has 1 rings (SSSR count). The summed E-state index contributed by atoms with van der Waals surface area (Å²) in [6, 6.07) is 0. The quantitative estimate of drug-likeness (QED) is 0.591. The van der Waals surface area contributed by atoms with Gasteiger partial charge >= 0.3 is 115 Å². The van der Waals surface area contributed by atoms with Crippen molar-refractivity contribution in [1.82, 2.24) is 0 Å². The molecule has 17 heavy (non-hydrogen) atoms. The van der Waals surface area contributed by atoms with Crippen LogP contribution in [0.4, 0.5) is 0 Å². The van der Waals surface area contributed by atoms with Crippen LogP contribution in [0.15, 0.2) is 8.68 Å². The van der Waals surface area contributed by atoms with Gasteiger partial charge in [-0.05, 0) is 0 Å². The molecule has 0 N–H and O–H groups in total. The Morgan fingerprint density at radius 3 is 2.12 bits per heavy atom. The molecule has 0 aliphatic carbocycles. The van der Waals surface area contributed by atoms with E-state index in [9.17, 15) is 0 Å². The van der Waals surface area contributed by atoms with Gasteiger partial charge in [0, 0.05) is 0 Å². The summed E-state index contributed by atoms with van der Waals surface area (Å²) in [6.45, 7) is 11.1. The monoisotopic (exact) mass is 358 g/mol. The topological polar surface area (TPSA) is 0 Å². The molecule has 0 atom stereocenters. The van der Waals surface area contributed by atoms with Gasteiger partial charge < -0.3 is 0 Å². The van der Waals surface area contributed by atoms with E-state index in [1.807, 2.05) is 5.47 Å². The summed E-state index contributed by atoms with van der Waals surface area (Å²) in [7, 11) is -1.10. The zero-order valence-corrected chi connectivity index (χ0v) is 17.0. The molecule has 0 bridgehead atoms. The second-order valence-corrected chi connectivity index (χ2v) is 28.6.